The Balaban J connectivity index is 1.83. The number of benzene rings is 1. The number of aromatic nitrogens is 2. The summed E-state index contributed by atoms with van der Waals surface area (Å²) < 4.78 is 3.08. The Hall–Kier alpha value is -1.33. The standard InChI is InChI=1S/C15H19BrN4/c1-10-15(16)14(19(2)18-10)9-20-7-6-11-4-3-5-13(17)12(11)8-20/h3-5H,6-9,17H2,1-2H3. The Morgan fingerprint density at radius 1 is 1.40 bits per heavy atom. The molecule has 0 saturated heterocycles. The van der Waals surface area contributed by atoms with Crippen LogP contribution in [0.5, 0.6) is 0 Å². The largest absolute Gasteiger partial charge is 0.398 e. The average Bonchev–Trinajstić information content (AvgIpc) is 2.66. The maximum atomic E-state index is 6.11. The second-order valence-corrected chi connectivity index (χ2v) is 6.21. The minimum atomic E-state index is 0.895. The topological polar surface area (TPSA) is 47.1 Å². The van der Waals surface area contributed by atoms with Crippen molar-refractivity contribution in [2.45, 2.75) is 26.4 Å². The van der Waals surface area contributed by atoms with Gasteiger partial charge in [0.1, 0.15) is 0 Å². The number of hydrogen-bond acceptors (Lipinski definition) is 3. The van der Waals surface area contributed by atoms with Crippen LogP contribution in [-0.4, -0.2) is 21.2 Å². The van der Waals surface area contributed by atoms with Gasteiger partial charge in [0.25, 0.3) is 0 Å². The molecule has 20 heavy (non-hydrogen) atoms. The van der Waals surface area contributed by atoms with Gasteiger partial charge in [-0.25, -0.2) is 0 Å². The molecule has 106 valence electrons. The van der Waals surface area contributed by atoms with Crippen LogP contribution < -0.4 is 5.73 Å². The van der Waals surface area contributed by atoms with Crippen LogP contribution >= 0.6 is 15.9 Å². The summed E-state index contributed by atoms with van der Waals surface area (Å²) >= 11 is 3.64. The molecule has 2 heterocycles. The van der Waals surface area contributed by atoms with E-state index in [9.17, 15) is 0 Å². The molecule has 0 atom stereocenters. The summed E-state index contributed by atoms with van der Waals surface area (Å²) in [6.45, 7) is 4.90. The third-order valence-electron chi connectivity index (χ3n) is 4.02. The van der Waals surface area contributed by atoms with E-state index in [4.69, 9.17) is 5.73 Å². The van der Waals surface area contributed by atoms with Crippen LogP contribution in [0, 0.1) is 6.92 Å². The van der Waals surface area contributed by atoms with E-state index in [0.717, 1.165) is 41.9 Å². The zero-order chi connectivity index (χ0) is 14.3. The number of anilines is 1. The number of nitrogens with zero attached hydrogens (tertiary/aromatic N) is 3. The monoisotopic (exact) mass is 334 g/mol. The SMILES string of the molecule is Cc1nn(C)c(CN2CCc3cccc(N)c3C2)c1Br. The number of rotatable bonds is 2. The molecule has 0 aliphatic carbocycles. The molecule has 0 fully saturated rings. The Bertz CT molecular complexity index is 648. The summed E-state index contributed by atoms with van der Waals surface area (Å²) in [6.07, 6.45) is 1.06. The van der Waals surface area contributed by atoms with Gasteiger partial charge in [0.05, 0.1) is 15.9 Å². The first-order valence-corrected chi connectivity index (χ1v) is 7.62. The molecule has 0 unspecified atom stereocenters. The normalized spacial score (nSPS) is 15.3. The van der Waals surface area contributed by atoms with Crippen molar-refractivity contribution in [1.29, 1.82) is 0 Å². The van der Waals surface area contributed by atoms with Gasteiger partial charge in [-0.2, -0.15) is 5.10 Å². The molecule has 1 aromatic carbocycles. The summed E-state index contributed by atoms with van der Waals surface area (Å²) in [5.74, 6) is 0. The lowest BCUT2D eigenvalue weighted by atomic mass is 9.98. The van der Waals surface area contributed by atoms with Gasteiger partial charge in [0, 0.05) is 32.4 Å². The van der Waals surface area contributed by atoms with E-state index in [-0.39, 0.29) is 0 Å². The molecule has 0 spiro atoms. The van der Waals surface area contributed by atoms with Crippen molar-refractivity contribution in [3.63, 3.8) is 0 Å². The van der Waals surface area contributed by atoms with Crippen LogP contribution in [0.3, 0.4) is 0 Å². The van der Waals surface area contributed by atoms with Crippen LogP contribution in [0.25, 0.3) is 0 Å². The average molecular weight is 335 g/mol. The Labute approximate surface area is 127 Å². The zero-order valence-corrected chi connectivity index (χ0v) is 13.4. The lowest BCUT2D eigenvalue weighted by Gasteiger charge is -2.29. The maximum Gasteiger partial charge on any atom is 0.0739 e. The van der Waals surface area contributed by atoms with E-state index in [0.29, 0.717) is 0 Å². The molecule has 1 aliphatic heterocycles. The third kappa shape index (κ3) is 2.36. The fourth-order valence-electron chi connectivity index (χ4n) is 2.86. The van der Waals surface area contributed by atoms with Crippen LogP contribution in [0.2, 0.25) is 0 Å². The summed E-state index contributed by atoms with van der Waals surface area (Å²) in [4.78, 5) is 2.43. The Kier molecular flexibility index (Phi) is 3.56. The lowest BCUT2D eigenvalue weighted by molar-refractivity contribution is 0.239. The zero-order valence-electron chi connectivity index (χ0n) is 11.9. The molecule has 1 aliphatic rings. The highest BCUT2D eigenvalue weighted by molar-refractivity contribution is 9.10. The number of fused-ring (bicyclic) bond motifs is 1. The van der Waals surface area contributed by atoms with E-state index in [1.165, 1.54) is 16.8 Å². The lowest BCUT2D eigenvalue weighted by Crippen LogP contribution is -2.31. The van der Waals surface area contributed by atoms with Crippen LogP contribution in [0.1, 0.15) is 22.5 Å². The molecule has 0 radical (unpaired) electrons. The maximum absolute atomic E-state index is 6.11. The van der Waals surface area contributed by atoms with Gasteiger partial charge in [0.15, 0.2) is 0 Å². The minimum Gasteiger partial charge on any atom is -0.398 e. The molecule has 2 aromatic rings. The van der Waals surface area contributed by atoms with E-state index in [2.05, 4.69) is 32.0 Å². The second-order valence-electron chi connectivity index (χ2n) is 5.42. The number of nitrogens with two attached hydrogens (primary N) is 1. The van der Waals surface area contributed by atoms with E-state index in [1.54, 1.807) is 0 Å². The summed E-state index contributed by atoms with van der Waals surface area (Å²) in [7, 11) is 2.00. The smallest absolute Gasteiger partial charge is 0.0739 e. The van der Waals surface area contributed by atoms with Gasteiger partial charge in [0.2, 0.25) is 0 Å². The van der Waals surface area contributed by atoms with Crippen molar-refractivity contribution >= 4 is 21.6 Å². The number of nitrogen functional groups attached to an aromatic ring is 1. The van der Waals surface area contributed by atoms with Crippen LogP contribution in [-0.2, 0) is 26.6 Å². The van der Waals surface area contributed by atoms with Crippen molar-refractivity contribution in [3.05, 3.63) is 45.2 Å². The van der Waals surface area contributed by atoms with Gasteiger partial charge in [-0.3, -0.25) is 9.58 Å². The molecular weight excluding hydrogens is 316 g/mol. The van der Waals surface area contributed by atoms with Gasteiger partial charge in [-0.15, -0.1) is 0 Å². The molecule has 0 bridgehead atoms. The quantitative estimate of drug-likeness (QED) is 0.859. The highest BCUT2D eigenvalue weighted by atomic mass is 79.9. The molecular formula is C15H19BrN4. The minimum absolute atomic E-state index is 0.895. The van der Waals surface area contributed by atoms with E-state index in [1.807, 2.05) is 30.8 Å². The van der Waals surface area contributed by atoms with Crippen molar-refractivity contribution in [2.75, 3.05) is 12.3 Å². The van der Waals surface area contributed by atoms with Gasteiger partial charge in [-0.1, -0.05) is 12.1 Å². The van der Waals surface area contributed by atoms with Crippen molar-refractivity contribution in [1.82, 2.24) is 14.7 Å². The predicted molar refractivity (Wildman–Crippen MR) is 84.3 cm³/mol. The Morgan fingerprint density at radius 3 is 2.90 bits per heavy atom. The van der Waals surface area contributed by atoms with Crippen molar-refractivity contribution in [2.24, 2.45) is 7.05 Å². The molecule has 0 saturated carbocycles. The Morgan fingerprint density at radius 2 is 2.20 bits per heavy atom. The first kappa shape index (κ1) is 13.6. The highest BCUT2D eigenvalue weighted by Crippen LogP contribution is 2.27. The summed E-state index contributed by atoms with van der Waals surface area (Å²) in [6, 6.07) is 6.23. The fraction of sp³-hybridized carbons (Fsp3) is 0.400. The highest BCUT2D eigenvalue weighted by Gasteiger charge is 2.20. The van der Waals surface area contributed by atoms with Crippen molar-refractivity contribution < 1.29 is 0 Å². The molecule has 1 aromatic heterocycles. The first-order valence-electron chi connectivity index (χ1n) is 6.83. The molecule has 0 amide bonds. The number of aryl methyl sites for hydroxylation is 2. The molecule has 2 N–H and O–H groups in total. The third-order valence-corrected chi connectivity index (χ3v) is 5.05. The van der Waals surface area contributed by atoms with Crippen LogP contribution in [0.4, 0.5) is 5.69 Å². The van der Waals surface area contributed by atoms with Gasteiger partial charge < -0.3 is 5.73 Å². The van der Waals surface area contributed by atoms with E-state index < -0.39 is 0 Å². The molecule has 3 rings (SSSR count). The molecule has 4 nitrogen and oxygen atoms in total. The fourth-order valence-corrected chi connectivity index (χ4v) is 3.32. The molecule has 5 heteroatoms. The predicted octanol–water partition coefficient (Wildman–Crippen LogP) is 2.63. The van der Waals surface area contributed by atoms with Gasteiger partial charge >= 0.3 is 0 Å². The van der Waals surface area contributed by atoms with Crippen LogP contribution in [0.15, 0.2) is 22.7 Å². The summed E-state index contributed by atoms with van der Waals surface area (Å²) in [5.41, 5.74) is 12.0. The number of hydrogen-bond donors (Lipinski definition) is 1. The number of halogens is 1. The van der Waals surface area contributed by atoms with Gasteiger partial charge in [-0.05, 0) is 46.5 Å². The van der Waals surface area contributed by atoms with Crippen molar-refractivity contribution in [3.8, 4) is 0 Å². The summed E-state index contributed by atoms with van der Waals surface area (Å²) in [5, 5.41) is 4.46. The second kappa shape index (κ2) is 5.22. The van der Waals surface area contributed by atoms with E-state index >= 15 is 0 Å². The first-order chi connectivity index (χ1) is 9.56.